The van der Waals surface area contributed by atoms with Gasteiger partial charge in [0.2, 0.25) is 0 Å². The van der Waals surface area contributed by atoms with Gasteiger partial charge in [-0.25, -0.2) is 0 Å². The summed E-state index contributed by atoms with van der Waals surface area (Å²) >= 11 is 0. The monoisotopic (exact) mass is 1120 g/mol. The summed E-state index contributed by atoms with van der Waals surface area (Å²) in [6.45, 7) is 6.31. The summed E-state index contributed by atoms with van der Waals surface area (Å²) in [5, 5.41) is 0. The van der Waals surface area contributed by atoms with Crippen LogP contribution in [-0.4, -0.2) is 37.2 Å². The van der Waals surface area contributed by atoms with Gasteiger partial charge < -0.3 is 14.2 Å². The molecule has 0 radical (unpaired) electrons. The van der Waals surface area contributed by atoms with E-state index in [2.05, 4.69) is 167 Å². The summed E-state index contributed by atoms with van der Waals surface area (Å²) < 4.78 is 16.8. The maximum atomic E-state index is 12.9. The largest absolute Gasteiger partial charge is 0.462 e. The van der Waals surface area contributed by atoms with E-state index >= 15 is 0 Å². The molecule has 0 aromatic heterocycles. The highest BCUT2D eigenvalue weighted by molar-refractivity contribution is 5.71. The van der Waals surface area contributed by atoms with E-state index in [0.29, 0.717) is 19.3 Å². The number of carbonyl (C=O) groups excluding carboxylic acids is 3. The second-order valence-corrected chi connectivity index (χ2v) is 21.3. The molecule has 0 heterocycles. The quantitative estimate of drug-likeness (QED) is 0.0261. The van der Waals surface area contributed by atoms with Crippen molar-refractivity contribution in [1.82, 2.24) is 0 Å². The predicted molar refractivity (Wildman–Crippen MR) is 352 cm³/mol. The van der Waals surface area contributed by atoms with Crippen molar-refractivity contribution >= 4 is 17.9 Å². The molecule has 0 aromatic rings. The third-order valence-electron chi connectivity index (χ3n) is 13.5. The summed E-state index contributed by atoms with van der Waals surface area (Å²) in [5.74, 6) is -1.05. The minimum absolute atomic E-state index is 0.129. The van der Waals surface area contributed by atoms with E-state index in [0.717, 1.165) is 109 Å². The molecule has 0 fully saturated rings. The number of unbranched alkanes of at least 4 members (excludes halogenated alkanes) is 21. The SMILES string of the molecule is CC/C=C\C/C=C\C/C=C\C/C=C\C/C=C\C/C=C\C/C=C\C/C=C\CCCCC(=O)OCC(COC(=O)CC/C=C\C/C=C\C/C=C\C/C=C\CC)OC(=O)CCCCCCCCCCCCC/C=C\CCCCCCCCCC. The molecule has 0 aliphatic carbocycles. The third kappa shape index (κ3) is 65.7. The van der Waals surface area contributed by atoms with E-state index in [9.17, 15) is 14.4 Å². The topological polar surface area (TPSA) is 78.9 Å². The van der Waals surface area contributed by atoms with E-state index in [-0.39, 0.29) is 44.0 Å². The Morgan fingerprint density at radius 3 is 0.864 bits per heavy atom. The molecule has 0 N–H and O–H groups in total. The highest BCUT2D eigenvalue weighted by atomic mass is 16.6. The maximum absolute atomic E-state index is 12.9. The molecule has 0 bridgehead atoms. The minimum Gasteiger partial charge on any atom is -0.462 e. The summed E-state index contributed by atoms with van der Waals surface area (Å²) in [7, 11) is 0. The molecular weight excluding hydrogens is 997 g/mol. The third-order valence-corrected chi connectivity index (χ3v) is 13.5. The first-order chi connectivity index (χ1) is 40.0. The van der Waals surface area contributed by atoms with E-state index in [1.807, 2.05) is 12.2 Å². The van der Waals surface area contributed by atoms with Crippen LogP contribution in [0.2, 0.25) is 0 Å². The fourth-order valence-corrected chi connectivity index (χ4v) is 8.64. The number of hydrogen-bond acceptors (Lipinski definition) is 6. The zero-order chi connectivity index (χ0) is 58.5. The van der Waals surface area contributed by atoms with Crippen molar-refractivity contribution in [2.45, 2.75) is 284 Å². The lowest BCUT2D eigenvalue weighted by Crippen LogP contribution is -2.30. The highest BCUT2D eigenvalue weighted by Crippen LogP contribution is 2.15. The lowest BCUT2D eigenvalue weighted by Gasteiger charge is -2.18. The highest BCUT2D eigenvalue weighted by Gasteiger charge is 2.19. The van der Waals surface area contributed by atoms with Crippen molar-refractivity contribution < 1.29 is 28.6 Å². The lowest BCUT2D eigenvalue weighted by molar-refractivity contribution is -0.166. The second kappa shape index (κ2) is 67.5. The molecule has 0 rings (SSSR count). The van der Waals surface area contributed by atoms with Crippen LogP contribution < -0.4 is 0 Å². The Morgan fingerprint density at radius 2 is 0.506 bits per heavy atom. The number of allylic oxidation sites excluding steroid dienone is 26. The molecule has 0 aliphatic heterocycles. The Bertz CT molecular complexity index is 1810. The van der Waals surface area contributed by atoms with Gasteiger partial charge in [0.1, 0.15) is 13.2 Å². The fraction of sp³-hybridized carbons (Fsp3) is 0.613. The van der Waals surface area contributed by atoms with Gasteiger partial charge in [0.05, 0.1) is 0 Å². The number of carbonyl (C=O) groups is 3. The molecule has 0 aliphatic rings. The fourth-order valence-electron chi connectivity index (χ4n) is 8.64. The molecular formula is C75H120O6. The first-order valence-electron chi connectivity index (χ1n) is 33.0. The molecule has 1 atom stereocenters. The van der Waals surface area contributed by atoms with Gasteiger partial charge in [-0.2, -0.15) is 0 Å². The van der Waals surface area contributed by atoms with Crippen LogP contribution in [-0.2, 0) is 28.6 Å². The molecule has 0 amide bonds. The molecule has 456 valence electrons. The van der Waals surface area contributed by atoms with Crippen LogP contribution in [0.5, 0.6) is 0 Å². The Morgan fingerprint density at radius 1 is 0.259 bits per heavy atom. The van der Waals surface area contributed by atoms with E-state index in [1.165, 1.54) is 116 Å². The molecule has 0 saturated carbocycles. The zero-order valence-electron chi connectivity index (χ0n) is 52.2. The van der Waals surface area contributed by atoms with Crippen LogP contribution in [0, 0.1) is 0 Å². The van der Waals surface area contributed by atoms with Crippen molar-refractivity contribution in [2.24, 2.45) is 0 Å². The van der Waals surface area contributed by atoms with Crippen molar-refractivity contribution in [3.63, 3.8) is 0 Å². The Balaban J connectivity index is 4.46. The first kappa shape index (κ1) is 76.0. The van der Waals surface area contributed by atoms with Gasteiger partial charge in [0.25, 0.3) is 0 Å². The standard InChI is InChI=1S/C75H120O6/c1-4-7-10-13-16-19-22-25-27-29-31-33-35-36-37-38-40-41-43-45-47-50-53-56-59-62-65-68-74(77)80-71-72(70-79-73(76)67-64-61-58-55-52-49-24-21-18-15-12-9-6-3)81-75(78)69-66-63-60-57-54-51-48-46-44-42-39-34-32-30-28-26-23-20-17-14-11-8-5-2/h7,9-10,12,16,18-19,21,25,27,30-33,36-37,40-41,45,47,49,52-53,56,58,61,72H,4-6,8,11,13-15,17,20,22-24,26,28-29,34-35,38-39,42-44,46,48,50-51,54-55,57,59-60,62-71H2,1-3H3/b10-7-,12-9-,19-16-,21-18-,27-25-,32-30-,33-31-,37-36-,41-40-,47-45-,52-49-,56-53-,61-58-. The van der Waals surface area contributed by atoms with E-state index in [1.54, 1.807) is 0 Å². The average Bonchev–Trinajstić information content (AvgIpc) is 3.46. The molecule has 6 nitrogen and oxygen atoms in total. The van der Waals surface area contributed by atoms with Gasteiger partial charge in [-0.3, -0.25) is 14.4 Å². The maximum Gasteiger partial charge on any atom is 0.306 e. The van der Waals surface area contributed by atoms with E-state index < -0.39 is 6.10 Å². The van der Waals surface area contributed by atoms with Crippen LogP contribution >= 0.6 is 0 Å². The Kier molecular flexibility index (Phi) is 63.4. The summed E-state index contributed by atoms with van der Waals surface area (Å²) in [5.41, 5.74) is 0. The van der Waals surface area contributed by atoms with Crippen molar-refractivity contribution in [3.05, 3.63) is 158 Å². The van der Waals surface area contributed by atoms with Gasteiger partial charge in [0.15, 0.2) is 6.10 Å². The first-order valence-corrected chi connectivity index (χ1v) is 33.0. The van der Waals surface area contributed by atoms with Gasteiger partial charge in [-0.05, 0) is 135 Å². The van der Waals surface area contributed by atoms with Gasteiger partial charge >= 0.3 is 17.9 Å². The van der Waals surface area contributed by atoms with Crippen molar-refractivity contribution in [3.8, 4) is 0 Å². The average molecular weight is 1120 g/mol. The zero-order valence-corrected chi connectivity index (χ0v) is 52.2. The number of hydrogen-bond donors (Lipinski definition) is 0. The summed E-state index contributed by atoms with van der Waals surface area (Å²) in [6, 6.07) is 0. The lowest BCUT2D eigenvalue weighted by atomic mass is 10.0. The van der Waals surface area contributed by atoms with Crippen LogP contribution in [0.25, 0.3) is 0 Å². The Labute approximate surface area is 499 Å². The van der Waals surface area contributed by atoms with Crippen molar-refractivity contribution in [2.75, 3.05) is 13.2 Å². The number of esters is 3. The van der Waals surface area contributed by atoms with Crippen molar-refractivity contribution in [1.29, 1.82) is 0 Å². The molecule has 81 heavy (non-hydrogen) atoms. The molecule has 0 aromatic carbocycles. The van der Waals surface area contributed by atoms with Crippen LogP contribution in [0.1, 0.15) is 278 Å². The van der Waals surface area contributed by atoms with Crippen LogP contribution in [0.3, 0.4) is 0 Å². The van der Waals surface area contributed by atoms with Crippen LogP contribution in [0.15, 0.2) is 158 Å². The van der Waals surface area contributed by atoms with E-state index in [4.69, 9.17) is 14.2 Å². The molecule has 0 saturated heterocycles. The normalized spacial score (nSPS) is 13.2. The number of ether oxygens (including phenoxy) is 3. The van der Waals surface area contributed by atoms with Gasteiger partial charge in [-0.1, -0.05) is 281 Å². The predicted octanol–water partition coefficient (Wildman–Crippen LogP) is 22.9. The van der Waals surface area contributed by atoms with Gasteiger partial charge in [-0.15, -0.1) is 0 Å². The summed E-state index contributed by atoms with van der Waals surface area (Å²) in [6.07, 6.45) is 98.5. The molecule has 6 heteroatoms. The minimum atomic E-state index is -0.834. The smallest absolute Gasteiger partial charge is 0.306 e. The summed E-state index contributed by atoms with van der Waals surface area (Å²) in [4.78, 5) is 38.3. The van der Waals surface area contributed by atoms with Crippen LogP contribution in [0.4, 0.5) is 0 Å². The molecule has 0 spiro atoms. The Hall–Kier alpha value is -4.97. The second-order valence-electron chi connectivity index (χ2n) is 21.3. The molecule has 1 unspecified atom stereocenters. The van der Waals surface area contributed by atoms with Gasteiger partial charge in [0, 0.05) is 19.3 Å². The number of rotatable bonds is 58.